The molecule has 3 heteroatoms. The van der Waals surface area contributed by atoms with Gasteiger partial charge >= 0.3 is 0 Å². The fraction of sp³-hybridized carbons (Fsp3) is 1.00. The topological polar surface area (TPSA) is 30.5 Å². The maximum Gasteiger partial charge on any atom is 0.0618 e. The summed E-state index contributed by atoms with van der Waals surface area (Å²) in [5, 5.41) is 3.52. The number of unbranched alkanes of at least 4 members (excludes halogenated alkanes) is 1. The minimum atomic E-state index is 0.474. The van der Waals surface area contributed by atoms with Gasteiger partial charge in [-0.05, 0) is 32.2 Å². The Bertz CT molecular complexity index is 129. The summed E-state index contributed by atoms with van der Waals surface area (Å²) in [4.78, 5) is 0. The maximum atomic E-state index is 5.28. The van der Waals surface area contributed by atoms with Gasteiger partial charge in [0.05, 0.1) is 6.61 Å². The predicted octanol–water partition coefficient (Wildman–Crippen LogP) is 2.06. The van der Waals surface area contributed by atoms with Gasteiger partial charge in [0.15, 0.2) is 0 Å². The van der Waals surface area contributed by atoms with Crippen molar-refractivity contribution >= 4 is 0 Å². The molecule has 0 radical (unpaired) electrons. The fourth-order valence-electron chi connectivity index (χ4n) is 1.43. The molecule has 0 aromatic carbocycles. The van der Waals surface area contributed by atoms with Crippen LogP contribution in [0.4, 0.5) is 0 Å². The molecule has 0 heterocycles. The minimum absolute atomic E-state index is 0.474. The van der Waals surface area contributed by atoms with E-state index in [4.69, 9.17) is 9.47 Å². The van der Waals surface area contributed by atoms with Crippen molar-refractivity contribution in [3.63, 3.8) is 0 Å². The molecular weight excluding hydrogens is 190 g/mol. The number of ether oxygens (including phenoxy) is 2. The SMILES string of the molecule is CCOCCCCNC(COC)C(C)C. The monoisotopic (exact) mass is 217 g/mol. The van der Waals surface area contributed by atoms with Crippen LogP contribution in [0.25, 0.3) is 0 Å². The Labute approximate surface area is 94.5 Å². The zero-order valence-corrected chi connectivity index (χ0v) is 10.7. The van der Waals surface area contributed by atoms with E-state index in [0.717, 1.165) is 32.8 Å². The van der Waals surface area contributed by atoms with Crippen LogP contribution in [0.2, 0.25) is 0 Å². The molecule has 1 N–H and O–H groups in total. The van der Waals surface area contributed by atoms with Crippen molar-refractivity contribution in [2.45, 2.75) is 39.7 Å². The normalized spacial score (nSPS) is 13.4. The van der Waals surface area contributed by atoms with E-state index in [9.17, 15) is 0 Å². The molecule has 0 saturated carbocycles. The zero-order valence-electron chi connectivity index (χ0n) is 10.7. The Balaban J connectivity index is 3.37. The lowest BCUT2D eigenvalue weighted by Gasteiger charge is -2.21. The van der Waals surface area contributed by atoms with Crippen LogP contribution in [-0.4, -0.2) is 39.5 Å². The summed E-state index contributed by atoms with van der Waals surface area (Å²) in [5.74, 6) is 0.622. The van der Waals surface area contributed by atoms with E-state index in [0.29, 0.717) is 12.0 Å². The van der Waals surface area contributed by atoms with E-state index in [1.807, 2.05) is 6.92 Å². The third-order valence-electron chi connectivity index (χ3n) is 2.48. The Morgan fingerprint density at radius 2 is 1.93 bits per heavy atom. The zero-order chi connectivity index (χ0) is 11.5. The highest BCUT2D eigenvalue weighted by molar-refractivity contribution is 4.69. The molecule has 15 heavy (non-hydrogen) atoms. The number of hydrogen-bond donors (Lipinski definition) is 1. The number of methoxy groups -OCH3 is 1. The second kappa shape index (κ2) is 10.4. The highest BCUT2D eigenvalue weighted by Crippen LogP contribution is 2.02. The van der Waals surface area contributed by atoms with Gasteiger partial charge < -0.3 is 14.8 Å². The van der Waals surface area contributed by atoms with Crippen molar-refractivity contribution in [3.8, 4) is 0 Å². The van der Waals surface area contributed by atoms with Crippen molar-refractivity contribution in [1.29, 1.82) is 0 Å². The van der Waals surface area contributed by atoms with Gasteiger partial charge in [-0.2, -0.15) is 0 Å². The third-order valence-corrected chi connectivity index (χ3v) is 2.48. The third kappa shape index (κ3) is 8.85. The summed E-state index contributed by atoms with van der Waals surface area (Å²) in [6.07, 6.45) is 2.31. The van der Waals surface area contributed by atoms with Crippen molar-refractivity contribution in [3.05, 3.63) is 0 Å². The molecule has 0 amide bonds. The van der Waals surface area contributed by atoms with E-state index in [2.05, 4.69) is 19.2 Å². The van der Waals surface area contributed by atoms with E-state index < -0.39 is 0 Å². The lowest BCUT2D eigenvalue weighted by atomic mass is 10.1. The van der Waals surface area contributed by atoms with Gasteiger partial charge in [0.25, 0.3) is 0 Å². The quantitative estimate of drug-likeness (QED) is 0.568. The summed E-state index contributed by atoms with van der Waals surface area (Å²) < 4.78 is 10.5. The van der Waals surface area contributed by atoms with Crippen LogP contribution in [0.5, 0.6) is 0 Å². The largest absolute Gasteiger partial charge is 0.383 e. The molecule has 0 aliphatic carbocycles. The Morgan fingerprint density at radius 3 is 2.47 bits per heavy atom. The molecule has 0 bridgehead atoms. The first-order valence-electron chi connectivity index (χ1n) is 6.02. The first-order valence-corrected chi connectivity index (χ1v) is 6.02. The maximum absolute atomic E-state index is 5.28. The summed E-state index contributed by atoms with van der Waals surface area (Å²) in [6.45, 7) is 10.0. The van der Waals surface area contributed by atoms with Gasteiger partial charge in [-0.25, -0.2) is 0 Å². The Kier molecular flexibility index (Phi) is 10.3. The molecule has 92 valence electrons. The van der Waals surface area contributed by atoms with Crippen LogP contribution in [0.15, 0.2) is 0 Å². The van der Waals surface area contributed by atoms with E-state index in [-0.39, 0.29) is 0 Å². The van der Waals surface area contributed by atoms with Gasteiger partial charge in [-0.1, -0.05) is 13.8 Å². The lowest BCUT2D eigenvalue weighted by molar-refractivity contribution is 0.137. The number of hydrogen-bond acceptors (Lipinski definition) is 3. The van der Waals surface area contributed by atoms with Crippen LogP contribution in [-0.2, 0) is 9.47 Å². The van der Waals surface area contributed by atoms with Crippen LogP contribution in [0, 0.1) is 5.92 Å². The van der Waals surface area contributed by atoms with Gasteiger partial charge in [0.1, 0.15) is 0 Å². The predicted molar refractivity (Wildman–Crippen MR) is 64.2 cm³/mol. The smallest absolute Gasteiger partial charge is 0.0618 e. The second-order valence-corrected chi connectivity index (χ2v) is 4.16. The van der Waals surface area contributed by atoms with E-state index in [1.165, 1.54) is 6.42 Å². The molecule has 0 aliphatic rings. The first kappa shape index (κ1) is 14.9. The Hall–Kier alpha value is -0.120. The minimum Gasteiger partial charge on any atom is -0.383 e. The summed E-state index contributed by atoms with van der Waals surface area (Å²) in [5.41, 5.74) is 0. The lowest BCUT2D eigenvalue weighted by Crippen LogP contribution is -2.38. The van der Waals surface area contributed by atoms with Gasteiger partial charge in [0.2, 0.25) is 0 Å². The molecule has 3 nitrogen and oxygen atoms in total. The highest BCUT2D eigenvalue weighted by atomic mass is 16.5. The van der Waals surface area contributed by atoms with Gasteiger partial charge in [-0.15, -0.1) is 0 Å². The molecular formula is C12H27NO2. The number of rotatable bonds is 10. The molecule has 1 unspecified atom stereocenters. The average molecular weight is 217 g/mol. The molecule has 1 atom stereocenters. The van der Waals surface area contributed by atoms with Crippen molar-refractivity contribution < 1.29 is 9.47 Å². The van der Waals surface area contributed by atoms with E-state index in [1.54, 1.807) is 7.11 Å². The molecule has 0 fully saturated rings. The van der Waals surface area contributed by atoms with E-state index >= 15 is 0 Å². The fourth-order valence-corrected chi connectivity index (χ4v) is 1.43. The summed E-state index contributed by atoms with van der Waals surface area (Å²) in [6, 6.07) is 0.474. The van der Waals surface area contributed by atoms with Crippen molar-refractivity contribution in [2.24, 2.45) is 5.92 Å². The average Bonchev–Trinajstić information content (AvgIpc) is 2.21. The first-order chi connectivity index (χ1) is 7.22. The van der Waals surface area contributed by atoms with Crippen molar-refractivity contribution in [1.82, 2.24) is 5.32 Å². The van der Waals surface area contributed by atoms with Gasteiger partial charge in [-0.3, -0.25) is 0 Å². The van der Waals surface area contributed by atoms with Crippen LogP contribution >= 0.6 is 0 Å². The van der Waals surface area contributed by atoms with Crippen LogP contribution < -0.4 is 5.32 Å². The molecule has 0 aliphatic heterocycles. The van der Waals surface area contributed by atoms with Crippen molar-refractivity contribution in [2.75, 3.05) is 33.5 Å². The molecule has 0 aromatic heterocycles. The highest BCUT2D eigenvalue weighted by Gasteiger charge is 2.11. The van der Waals surface area contributed by atoms with Crippen LogP contribution in [0.1, 0.15) is 33.6 Å². The molecule has 0 rings (SSSR count). The molecule has 0 saturated heterocycles. The second-order valence-electron chi connectivity index (χ2n) is 4.16. The molecule has 0 aromatic rings. The Morgan fingerprint density at radius 1 is 1.20 bits per heavy atom. The summed E-state index contributed by atoms with van der Waals surface area (Å²) >= 11 is 0. The number of nitrogens with one attached hydrogen (secondary N) is 1. The van der Waals surface area contributed by atoms with Gasteiger partial charge in [0, 0.05) is 26.4 Å². The molecule has 0 spiro atoms. The van der Waals surface area contributed by atoms with Crippen LogP contribution in [0.3, 0.4) is 0 Å². The summed E-state index contributed by atoms with van der Waals surface area (Å²) in [7, 11) is 1.76. The standard InChI is InChI=1S/C12H27NO2/c1-5-15-9-7-6-8-13-12(10-14-4)11(2)3/h11-13H,5-10H2,1-4H3.